The second-order valence-electron chi connectivity index (χ2n) is 11.2. The Bertz CT molecular complexity index is 1470. The Labute approximate surface area is 247 Å². The molecule has 1 aliphatic carbocycles. The second kappa shape index (κ2) is 12.6. The maximum absolute atomic E-state index is 12.9. The lowest BCUT2D eigenvalue weighted by Gasteiger charge is -2.39. The monoisotopic (exact) mass is 594 g/mol. The molecule has 1 saturated heterocycles. The first-order valence-electron chi connectivity index (χ1n) is 14.3. The highest BCUT2D eigenvalue weighted by atomic mass is 19.4. The molecule has 11 heteroatoms. The number of carbonyl (C=O) groups is 3. The molecule has 2 amide bonds. The lowest BCUT2D eigenvalue weighted by atomic mass is 9.79. The first kappa shape index (κ1) is 30.4. The van der Waals surface area contributed by atoms with Crippen molar-refractivity contribution in [3.63, 3.8) is 0 Å². The van der Waals surface area contributed by atoms with Gasteiger partial charge in [0.2, 0.25) is 5.91 Å². The van der Waals surface area contributed by atoms with E-state index in [4.69, 9.17) is 0 Å². The van der Waals surface area contributed by atoms with Crippen LogP contribution in [0, 0.1) is 0 Å². The van der Waals surface area contributed by atoms with Crippen LogP contribution in [-0.2, 0) is 16.6 Å². The number of likely N-dealkylation sites (tertiary alicyclic amines) is 1. The molecule has 226 valence electrons. The predicted octanol–water partition coefficient (Wildman–Crippen LogP) is 4.33. The van der Waals surface area contributed by atoms with E-state index in [0.29, 0.717) is 30.6 Å². The fraction of sp³-hybridized carbons (Fsp3) is 0.375. The van der Waals surface area contributed by atoms with Gasteiger partial charge in [-0.3, -0.25) is 24.3 Å². The number of aliphatic hydroxyl groups is 1. The van der Waals surface area contributed by atoms with E-state index in [2.05, 4.69) is 20.5 Å². The Balaban J connectivity index is 1.08. The summed E-state index contributed by atoms with van der Waals surface area (Å²) in [6.45, 7) is 1.09. The van der Waals surface area contributed by atoms with Crippen molar-refractivity contribution in [2.75, 3.05) is 19.6 Å². The number of hydrogen-bond donors (Lipinski definition) is 3. The average Bonchev–Trinajstić information content (AvgIpc) is 3.48. The fourth-order valence-corrected chi connectivity index (χ4v) is 6.01. The highest BCUT2D eigenvalue weighted by molar-refractivity contribution is 5.96. The van der Waals surface area contributed by atoms with E-state index in [0.717, 1.165) is 61.4 Å². The van der Waals surface area contributed by atoms with Gasteiger partial charge in [0.1, 0.15) is 5.60 Å². The highest BCUT2D eigenvalue weighted by Crippen LogP contribution is 2.39. The number of pyridine rings is 1. The van der Waals surface area contributed by atoms with Crippen LogP contribution >= 0.6 is 0 Å². The molecule has 43 heavy (non-hydrogen) atoms. The van der Waals surface area contributed by atoms with Crippen LogP contribution in [0.15, 0.2) is 66.9 Å². The van der Waals surface area contributed by atoms with Gasteiger partial charge in [0.05, 0.1) is 17.8 Å². The Hall–Kier alpha value is -4.09. The number of rotatable bonds is 8. The van der Waals surface area contributed by atoms with Crippen molar-refractivity contribution in [1.29, 1.82) is 0 Å². The first-order chi connectivity index (χ1) is 20.6. The zero-order chi connectivity index (χ0) is 30.6. The maximum Gasteiger partial charge on any atom is 0.416 e. The molecular formula is C32H33F3N4O4. The Morgan fingerprint density at radius 1 is 1.05 bits per heavy atom. The molecule has 3 N–H and O–H groups in total. The van der Waals surface area contributed by atoms with Crippen molar-refractivity contribution in [3.8, 4) is 11.1 Å². The van der Waals surface area contributed by atoms with Crippen LogP contribution in [0.25, 0.3) is 11.1 Å². The Morgan fingerprint density at radius 3 is 2.51 bits per heavy atom. The molecule has 2 fully saturated rings. The van der Waals surface area contributed by atoms with E-state index >= 15 is 0 Å². The molecule has 0 bridgehead atoms. The van der Waals surface area contributed by atoms with E-state index in [1.807, 2.05) is 24.3 Å². The number of aromatic nitrogens is 1. The molecule has 1 aromatic heterocycles. The number of nitrogens with zero attached hydrogens (tertiary/aromatic N) is 2. The minimum atomic E-state index is -4.56. The minimum Gasteiger partial charge on any atom is -0.384 e. The Kier molecular flexibility index (Phi) is 8.93. The normalized spacial score (nSPS) is 22.6. The van der Waals surface area contributed by atoms with Gasteiger partial charge in [0, 0.05) is 48.1 Å². The summed E-state index contributed by atoms with van der Waals surface area (Å²) < 4.78 is 38.8. The number of aldehydes is 1. The van der Waals surface area contributed by atoms with Gasteiger partial charge in [-0.15, -0.1) is 0 Å². The molecule has 1 aliphatic heterocycles. The molecule has 8 nitrogen and oxygen atoms in total. The largest absolute Gasteiger partial charge is 0.416 e. The fourth-order valence-electron chi connectivity index (χ4n) is 6.01. The van der Waals surface area contributed by atoms with Gasteiger partial charge in [-0.05, 0) is 61.9 Å². The summed E-state index contributed by atoms with van der Waals surface area (Å²) in [6, 6.07) is 15.2. The number of halogens is 3. The molecule has 0 spiro atoms. The lowest BCUT2D eigenvalue weighted by molar-refractivity contribution is -0.137. The SMILES string of the molecule is O=Cc1ccccc1-c1ccc(C2(O)CCC(N3CC[C@@H](NC(=O)CNC(=O)c4cccc(C(F)(F)F)c4)C3)CC2)nc1. The van der Waals surface area contributed by atoms with Crippen LogP contribution in [-0.4, -0.2) is 64.8 Å². The van der Waals surface area contributed by atoms with Gasteiger partial charge >= 0.3 is 6.18 Å². The number of hydrogen-bond acceptors (Lipinski definition) is 6. The van der Waals surface area contributed by atoms with Crippen molar-refractivity contribution in [3.05, 3.63) is 89.2 Å². The van der Waals surface area contributed by atoms with E-state index < -0.39 is 29.2 Å². The molecule has 2 aromatic carbocycles. The number of nitrogens with one attached hydrogen (secondary N) is 2. The summed E-state index contributed by atoms with van der Waals surface area (Å²) in [5, 5.41) is 16.7. The highest BCUT2D eigenvalue weighted by Gasteiger charge is 2.39. The van der Waals surface area contributed by atoms with E-state index in [9.17, 15) is 32.7 Å². The quantitative estimate of drug-likeness (QED) is 0.335. The van der Waals surface area contributed by atoms with E-state index in [1.54, 1.807) is 18.3 Å². The van der Waals surface area contributed by atoms with Crippen molar-refractivity contribution < 1.29 is 32.7 Å². The van der Waals surface area contributed by atoms with Gasteiger partial charge in [0.15, 0.2) is 6.29 Å². The van der Waals surface area contributed by atoms with Gasteiger partial charge in [0.25, 0.3) is 5.91 Å². The van der Waals surface area contributed by atoms with Crippen molar-refractivity contribution >= 4 is 18.1 Å². The third kappa shape index (κ3) is 7.11. The lowest BCUT2D eigenvalue weighted by Crippen LogP contribution is -2.45. The topological polar surface area (TPSA) is 112 Å². The van der Waals surface area contributed by atoms with Crippen molar-refractivity contribution in [2.45, 2.75) is 56.0 Å². The minimum absolute atomic E-state index is 0.109. The molecule has 3 aromatic rings. The third-order valence-electron chi connectivity index (χ3n) is 8.38. The Morgan fingerprint density at radius 2 is 1.81 bits per heavy atom. The van der Waals surface area contributed by atoms with E-state index in [1.165, 1.54) is 6.07 Å². The smallest absolute Gasteiger partial charge is 0.384 e. The molecule has 2 aliphatic rings. The molecule has 2 heterocycles. The summed E-state index contributed by atoms with van der Waals surface area (Å²) in [5.41, 5.74) is 0.660. The van der Waals surface area contributed by atoms with Gasteiger partial charge in [-0.25, -0.2) is 0 Å². The van der Waals surface area contributed by atoms with Gasteiger partial charge in [-0.2, -0.15) is 13.2 Å². The van der Waals surface area contributed by atoms with Crippen LogP contribution in [0.1, 0.15) is 64.1 Å². The second-order valence-corrected chi connectivity index (χ2v) is 11.2. The zero-order valence-corrected chi connectivity index (χ0v) is 23.4. The van der Waals surface area contributed by atoms with Gasteiger partial charge in [-0.1, -0.05) is 36.4 Å². The molecule has 1 saturated carbocycles. The van der Waals surface area contributed by atoms with E-state index in [-0.39, 0.29) is 24.2 Å². The van der Waals surface area contributed by atoms with Crippen LogP contribution < -0.4 is 10.6 Å². The summed E-state index contributed by atoms with van der Waals surface area (Å²) in [5.74, 6) is -1.16. The van der Waals surface area contributed by atoms with Crippen LogP contribution in [0.5, 0.6) is 0 Å². The average molecular weight is 595 g/mol. The molecule has 1 atom stereocenters. The number of alkyl halides is 3. The van der Waals surface area contributed by atoms with Crippen molar-refractivity contribution in [1.82, 2.24) is 20.5 Å². The number of benzene rings is 2. The standard InChI is InChI=1S/C32H33F3N4O4/c33-32(34,35)24-6-3-5-21(16-24)30(42)37-18-29(41)38-25-12-15-39(19-25)26-10-13-31(43,14-11-26)28-9-8-22(17-36-28)27-7-2-1-4-23(27)20-40/h1-9,16-17,20,25-26,43H,10-15,18-19H2,(H,37,42)(H,38,41)/t25-,26?,31?/m1/s1. The summed E-state index contributed by atoms with van der Waals surface area (Å²) in [7, 11) is 0. The molecule has 0 radical (unpaired) electrons. The first-order valence-corrected chi connectivity index (χ1v) is 14.3. The summed E-state index contributed by atoms with van der Waals surface area (Å²) in [4.78, 5) is 43.0. The maximum atomic E-state index is 12.9. The van der Waals surface area contributed by atoms with Gasteiger partial charge < -0.3 is 15.7 Å². The number of carbonyl (C=O) groups excluding carboxylic acids is 3. The molecule has 5 rings (SSSR count). The number of amides is 2. The zero-order valence-electron chi connectivity index (χ0n) is 23.4. The summed E-state index contributed by atoms with van der Waals surface area (Å²) in [6.07, 6.45) is 1.30. The molecular weight excluding hydrogens is 561 g/mol. The third-order valence-corrected chi connectivity index (χ3v) is 8.38. The van der Waals surface area contributed by atoms with Crippen LogP contribution in [0.4, 0.5) is 13.2 Å². The van der Waals surface area contributed by atoms with Crippen molar-refractivity contribution in [2.24, 2.45) is 0 Å². The molecule has 0 unspecified atom stereocenters. The van der Waals surface area contributed by atoms with Crippen LogP contribution in [0.2, 0.25) is 0 Å². The van der Waals surface area contributed by atoms with Crippen LogP contribution in [0.3, 0.4) is 0 Å². The predicted molar refractivity (Wildman–Crippen MR) is 153 cm³/mol. The summed E-state index contributed by atoms with van der Waals surface area (Å²) >= 11 is 0.